The van der Waals surface area contributed by atoms with Crippen LogP contribution in [0.25, 0.3) is 21.5 Å². The van der Waals surface area contributed by atoms with Gasteiger partial charge >= 0.3 is 11.9 Å². The normalized spacial score (nSPS) is 17.6. The van der Waals surface area contributed by atoms with Crippen molar-refractivity contribution in [2.45, 2.75) is 26.1 Å². The molecule has 0 aliphatic heterocycles. The molecule has 0 bridgehead atoms. The van der Waals surface area contributed by atoms with E-state index in [1.54, 1.807) is 0 Å². The van der Waals surface area contributed by atoms with E-state index in [4.69, 9.17) is 9.47 Å². The summed E-state index contributed by atoms with van der Waals surface area (Å²) in [6.07, 6.45) is 10.9. The van der Waals surface area contributed by atoms with E-state index in [9.17, 15) is 9.59 Å². The molecule has 0 spiro atoms. The largest absolute Gasteiger partial charge is 0.457 e. The average molecular weight is 740 g/mol. The predicted molar refractivity (Wildman–Crippen MR) is 174 cm³/mol. The first kappa shape index (κ1) is 33.7. The minimum absolute atomic E-state index is 0. The zero-order valence-corrected chi connectivity index (χ0v) is 27.7. The first-order valence-electron chi connectivity index (χ1n) is 13.4. The minimum Gasteiger partial charge on any atom is -0.457 e. The van der Waals surface area contributed by atoms with Crippen LogP contribution in [0.4, 0.5) is 0 Å². The van der Waals surface area contributed by atoms with E-state index in [1.807, 2.05) is 74.9 Å². The molecule has 0 amide bonds. The van der Waals surface area contributed by atoms with Crippen LogP contribution in [0.3, 0.4) is 0 Å². The molecule has 10 radical (unpaired) electrons. The topological polar surface area (TPSA) is 52.6 Å². The molecule has 2 aliphatic carbocycles. The summed E-state index contributed by atoms with van der Waals surface area (Å²) in [6.45, 7) is 2.87. The van der Waals surface area contributed by atoms with Crippen LogP contribution in [0, 0.1) is 60.0 Å². The Kier molecular flexibility index (Phi) is 12.3. The van der Waals surface area contributed by atoms with Crippen molar-refractivity contribution in [1.82, 2.24) is 0 Å². The Morgan fingerprint density at radius 1 is 0.558 bits per heavy atom. The van der Waals surface area contributed by atoms with Crippen LogP contribution in [0.5, 0.6) is 0 Å². The minimum atomic E-state index is -0.392. The zero-order chi connectivity index (χ0) is 29.6. The maximum absolute atomic E-state index is 11.5. The molecule has 218 valence electrons. The molecule has 43 heavy (non-hydrogen) atoms. The van der Waals surface area contributed by atoms with Gasteiger partial charge in [0, 0.05) is 42.8 Å². The van der Waals surface area contributed by atoms with Gasteiger partial charge in [0.15, 0.2) is 0 Å². The van der Waals surface area contributed by atoms with Gasteiger partial charge in [0.05, 0.1) is 9.65 Å². The Balaban J connectivity index is 0.000000192. The van der Waals surface area contributed by atoms with Crippen molar-refractivity contribution < 1.29 is 36.1 Å². The Bertz CT molecular complexity index is 1430. The number of benzene rings is 4. The van der Waals surface area contributed by atoms with E-state index < -0.39 is 12.2 Å². The quantitative estimate of drug-likeness (QED) is 0.146. The maximum atomic E-state index is 11.5. The monoisotopic (exact) mass is 738 g/mol. The van der Waals surface area contributed by atoms with Gasteiger partial charge < -0.3 is 9.47 Å². The third-order valence-corrected chi connectivity index (χ3v) is 8.32. The summed E-state index contributed by atoms with van der Waals surface area (Å²) in [5, 5.41) is 4.61. The van der Waals surface area contributed by atoms with Crippen molar-refractivity contribution in [3.8, 4) is 0 Å². The summed E-state index contributed by atoms with van der Waals surface area (Å²) < 4.78 is 11.1. The number of hydrogen-bond acceptors (Lipinski definition) is 4. The number of carbonyl (C=O) groups excluding carboxylic acids is 2. The molecule has 4 nitrogen and oxygen atoms in total. The number of hydrogen-bond donors (Lipinski definition) is 0. The van der Waals surface area contributed by atoms with Crippen molar-refractivity contribution in [3.63, 3.8) is 0 Å². The Morgan fingerprint density at radius 3 is 1.26 bits per heavy atom. The number of rotatable bonds is 6. The van der Waals surface area contributed by atoms with Gasteiger partial charge in [0.1, 0.15) is 12.2 Å². The fourth-order valence-electron chi connectivity index (χ4n) is 4.95. The van der Waals surface area contributed by atoms with Gasteiger partial charge in [-0.05, 0) is 83.3 Å². The van der Waals surface area contributed by atoms with Crippen LogP contribution in [0.2, 0.25) is 0 Å². The predicted octanol–water partition coefficient (Wildman–Crippen LogP) is 9.14. The van der Waals surface area contributed by atoms with E-state index in [0.29, 0.717) is 0 Å². The van der Waals surface area contributed by atoms with Gasteiger partial charge in [-0.2, -0.15) is 0 Å². The van der Waals surface area contributed by atoms with Gasteiger partial charge in [-0.1, -0.05) is 105 Å². The fraction of sp³-hybridized carbons (Fsp3) is 0.111. The molecule has 4 aromatic rings. The third kappa shape index (κ3) is 8.51. The first-order valence-corrected chi connectivity index (χ1v) is 15.0. The molecule has 2 saturated carbocycles. The smallest absolute Gasteiger partial charge is 0.303 e. The van der Waals surface area contributed by atoms with Crippen molar-refractivity contribution in [1.29, 1.82) is 0 Å². The molecule has 2 fully saturated rings. The molecule has 0 N–H and O–H groups in total. The van der Waals surface area contributed by atoms with E-state index in [2.05, 4.69) is 80.4 Å². The molecule has 0 aromatic heterocycles. The summed E-state index contributed by atoms with van der Waals surface area (Å²) in [4.78, 5) is 24.8. The summed E-state index contributed by atoms with van der Waals surface area (Å²) in [6, 6.07) is 28.6. The van der Waals surface area contributed by atoms with E-state index in [-0.39, 0.29) is 29.0 Å². The molecule has 0 heterocycles. The fourth-order valence-corrected chi connectivity index (χ4v) is 5.93. The SMILES string of the molecule is CC(=O)O[C@@H]([C]1[CH][CH][CH][C]1Br)c1ccc2ccccc2c1.CC(=O)O[C@@H]([C]1[CH][CH][CH][C]1Br)c1ccc2ccccc2c1.[Fe]. The van der Waals surface area contributed by atoms with Crippen molar-refractivity contribution in [3.05, 3.63) is 156 Å². The molecule has 4 aromatic carbocycles. The number of carbonyl (C=O) groups is 2. The van der Waals surface area contributed by atoms with E-state index >= 15 is 0 Å². The third-order valence-electron chi connectivity index (χ3n) is 6.87. The Morgan fingerprint density at radius 2 is 0.930 bits per heavy atom. The summed E-state index contributed by atoms with van der Waals surface area (Å²) in [5.74, 6) is 1.34. The van der Waals surface area contributed by atoms with Crippen molar-refractivity contribution in [2.75, 3.05) is 0 Å². The molecule has 2 aliphatic rings. The van der Waals surface area contributed by atoms with Gasteiger partial charge in [-0.15, -0.1) is 0 Å². The maximum Gasteiger partial charge on any atom is 0.303 e. The molecule has 0 unspecified atom stereocenters. The average Bonchev–Trinajstić information content (AvgIpc) is 3.61. The number of fused-ring (bicyclic) bond motifs is 2. The number of ether oxygens (including phenoxy) is 2. The van der Waals surface area contributed by atoms with Crippen LogP contribution in [0.1, 0.15) is 37.2 Å². The van der Waals surface area contributed by atoms with E-state index in [0.717, 1.165) is 43.4 Å². The molecule has 7 heteroatoms. The first-order chi connectivity index (χ1) is 20.3. The van der Waals surface area contributed by atoms with Crippen LogP contribution < -0.4 is 0 Å². The zero-order valence-electron chi connectivity index (χ0n) is 23.4. The van der Waals surface area contributed by atoms with Crippen LogP contribution >= 0.6 is 31.9 Å². The summed E-state index contributed by atoms with van der Waals surface area (Å²) >= 11 is 7.03. The molecular weight excluding hydrogens is 712 g/mol. The van der Waals surface area contributed by atoms with Gasteiger partial charge in [-0.25, -0.2) is 0 Å². The van der Waals surface area contributed by atoms with Gasteiger partial charge in [-0.3, -0.25) is 9.59 Å². The van der Waals surface area contributed by atoms with Crippen molar-refractivity contribution in [2.24, 2.45) is 0 Å². The van der Waals surface area contributed by atoms with Gasteiger partial charge in [0.25, 0.3) is 0 Å². The number of esters is 2. The van der Waals surface area contributed by atoms with Crippen LogP contribution in [-0.2, 0) is 36.1 Å². The second-order valence-electron chi connectivity index (χ2n) is 9.85. The summed E-state index contributed by atoms with van der Waals surface area (Å²) in [5.41, 5.74) is 1.94. The second-order valence-corrected chi connectivity index (χ2v) is 11.6. The van der Waals surface area contributed by atoms with E-state index in [1.165, 1.54) is 24.6 Å². The summed E-state index contributed by atoms with van der Waals surface area (Å²) in [7, 11) is 0. The standard InChI is InChI=1S/2C18H14BrO2.Fe/c2*1-12(20)21-18(16-7-4-8-17(16)19)15-10-9-13-5-2-3-6-14(13)11-15;/h2*2-11,18H,1H3;/t2*18-;/m11./s1. The van der Waals surface area contributed by atoms with Crippen LogP contribution in [0.15, 0.2) is 84.9 Å². The second kappa shape index (κ2) is 15.7. The molecular formula is C36H28Br2FeO4. The Hall–Kier alpha value is -2.18. The Labute approximate surface area is 282 Å². The van der Waals surface area contributed by atoms with Crippen molar-refractivity contribution >= 4 is 65.3 Å². The number of halogens is 2. The van der Waals surface area contributed by atoms with Gasteiger partial charge in [0.2, 0.25) is 0 Å². The molecule has 6 rings (SSSR count). The van der Waals surface area contributed by atoms with Crippen LogP contribution in [-0.4, -0.2) is 11.9 Å². The molecule has 2 atom stereocenters. The molecule has 0 saturated heterocycles.